The number of esters is 2. The van der Waals surface area contributed by atoms with E-state index in [0.717, 1.165) is 22.3 Å². The maximum absolute atomic E-state index is 14.4. The molecule has 0 aromatic heterocycles. The fourth-order valence-corrected chi connectivity index (χ4v) is 7.27. The van der Waals surface area contributed by atoms with Gasteiger partial charge in [0, 0.05) is 18.0 Å². The van der Waals surface area contributed by atoms with Crippen LogP contribution in [0, 0.1) is 17.2 Å². The molecule has 5 rings (SSSR count). The van der Waals surface area contributed by atoms with Crippen molar-refractivity contribution in [2.24, 2.45) is 11.3 Å². The minimum Gasteiger partial charge on any atom is -0.468 e. The molecule has 1 fully saturated rings. The predicted octanol–water partition coefficient (Wildman–Crippen LogP) is 5.62. The number of carbonyl (C=O) groups excluding carboxylic acids is 2. The van der Waals surface area contributed by atoms with Gasteiger partial charge in [-0.2, -0.15) is 0 Å². The van der Waals surface area contributed by atoms with E-state index in [1.165, 1.54) is 20.3 Å². The highest BCUT2D eigenvalue weighted by Crippen LogP contribution is 2.58. The molecule has 1 aliphatic heterocycles. The van der Waals surface area contributed by atoms with E-state index in [-0.39, 0.29) is 24.2 Å². The summed E-state index contributed by atoms with van der Waals surface area (Å²) in [7, 11) is 2.64. The molecule has 2 aliphatic rings. The Morgan fingerprint density at radius 3 is 2.13 bits per heavy atom. The quantitative estimate of drug-likeness (QED) is 0.326. The summed E-state index contributed by atoms with van der Waals surface area (Å²) in [4.78, 5) is 29.9. The van der Waals surface area contributed by atoms with Crippen LogP contribution in [0.4, 0.5) is 4.39 Å². The van der Waals surface area contributed by atoms with Gasteiger partial charge in [-0.3, -0.25) is 14.5 Å². The number of hydrogen-bond acceptors (Lipinski definition) is 5. The Labute approximate surface area is 223 Å². The number of benzene rings is 3. The highest BCUT2D eigenvalue weighted by Gasteiger charge is 2.65. The summed E-state index contributed by atoms with van der Waals surface area (Å²) in [6.07, 6.45) is 0.783. The molecule has 0 N–H and O–H groups in total. The first-order valence-corrected chi connectivity index (χ1v) is 13.0. The van der Waals surface area contributed by atoms with E-state index in [1.54, 1.807) is 6.07 Å². The lowest BCUT2D eigenvalue weighted by molar-refractivity contribution is -0.189. The van der Waals surface area contributed by atoms with E-state index in [1.807, 2.05) is 54.6 Å². The molecule has 0 spiro atoms. The average Bonchev–Trinajstić information content (AvgIpc) is 2.92. The molecule has 3 aromatic carbocycles. The van der Waals surface area contributed by atoms with Gasteiger partial charge in [0.2, 0.25) is 0 Å². The lowest BCUT2D eigenvalue weighted by Crippen LogP contribution is -2.66. The molecule has 1 aliphatic carbocycles. The van der Waals surface area contributed by atoms with E-state index in [9.17, 15) is 14.0 Å². The Morgan fingerprint density at radius 2 is 1.53 bits per heavy atom. The van der Waals surface area contributed by atoms with Crippen molar-refractivity contribution >= 4 is 11.9 Å². The van der Waals surface area contributed by atoms with Crippen LogP contribution in [0.5, 0.6) is 0 Å². The zero-order chi connectivity index (χ0) is 27.1. The smallest absolute Gasteiger partial charge is 0.325 e. The topological polar surface area (TPSA) is 55.8 Å². The van der Waals surface area contributed by atoms with Crippen molar-refractivity contribution in [1.29, 1.82) is 0 Å². The molecular formula is C32H34FNO4. The number of piperidine rings is 1. The minimum absolute atomic E-state index is 0.0479. The van der Waals surface area contributed by atoms with Gasteiger partial charge >= 0.3 is 11.9 Å². The van der Waals surface area contributed by atoms with Crippen molar-refractivity contribution in [2.75, 3.05) is 14.2 Å². The van der Waals surface area contributed by atoms with Crippen molar-refractivity contribution in [3.63, 3.8) is 0 Å². The first-order valence-electron chi connectivity index (χ1n) is 13.0. The predicted molar refractivity (Wildman–Crippen MR) is 143 cm³/mol. The maximum atomic E-state index is 14.4. The van der Waals surface area contributed by atoms with Crippen molar-refractivity contribution < 1.29 is 23.5 Å². The van der Waals surface area contributed by atoms with Crippen LogP contribution in [0.25, 0.3) is 0 Å². The molecule has 5 nitrogen and oxygen atoms in total. The molecule has 3 atom stereocenters. The molecule has 0 bridgehead atoms. The molecule has 0 saturated carbocycles. The van der Waals surface area contributed by atoms with Crippen molar-refractivity contribution in [3.05, 3.63) is 107 Å². The summed E-state index contributed by atoms with van der Waals surface area (Å²) in [5.74, 6) is -1.64. The molecule has 0 amide bonds. The van der Waals surface area contributed by atoms with Crippen LogP contribution < -0.4 is 0 Å². The van der Waals surface area contributed by atoms with E-state index in [0.29, 0.717) is 13.0 Å². The van der Waals surface area contributed by atoms with Gasteiger partial charge in [-0.25, -0.2) is 4.39 Å². The van der Waals surface area contributed by atoms with Crippen LogP contribution in [0.15, 0.2) is 78.9 Å². The maximum Gasteiger partial charge on any atom is 0.325 e. The summed E-state index contributed by atoms with van der Waals surface area (Å²) in [6, 6.07) is 24.1. The normalized spacial score (nSPS) is 23.6. The van der Waals surface area contributed by atoms with E-state index < -0.39 is 28.8 Å². The highest BCUT2D eigenvalue weighted by atomic mass is 19.1. The van der Waals surface area contributed by atoms with Gasteiger partial charge < -0.3 is 9.47 Å². The number of likely N-dealkylation sites (tertiary alicyclic amines) is 1. The molecule has 3 aromatic rings. The number of halogens is 1. The number of ether oxygens (including phenoxy) is 2. The summed E-state index contributed by atoms with van der Waals surface area (Å²) in [5.41, 5.74) is 1.93. The SMILES string of the molecule is COC(=O)C1(C(=O)OC)CC2Cc3cc(F)ccc3C(C)(C)C2N(Cc2ccccc2)C1c1ccccc1. The van der Waals surface area contributed by atoms with Crippen LogP contribution in [-0.4, -0.2) is 37.1 Å². The van der Waals surface area contributed by atoms with Crippen LogP contribution in [-0.2, 0) is 37.4 Å². The monoisotopic (exact) mass is 515 g/mol. The third kappa shape index (κ3) is 4.11. The Kier molecular flexibility index (Phi) is 6.86. The first kappa shape index (κ1) is 26.1. The van der Waals surface area contributed by atoms with E-state index >= 15 is 0 Å². The summed E-state index contributed by atoms with van der Waals surface area (Å²) in [6.45, 7) is 4.88. The van der Waals surface area contributed by atoms with Gasteiger partial charge in [0.05, 0.1) is 20.3 Å². The van der Waals surface area contributed by atoms with Gasteiger partial charge in [0.1, 0.15) is 5.82 Å². The zero-order valence-corrected chi connectivity index (χ0v) is 22.3. The molecule has 0 radical (unpaired) electrons. The van der Waals surface area contributed by atoms with Crippen molar-refractivity contribution in [2.45, 2.75) is 50.7 Å². The summed E-state index contributed by atoms with van der Waals surface area (Å²) >= 11 is 0. The van der Waals surface area contributed by atoms with E-state index in [4.69, 9.17) is 9.47 Å². The molecule has 6 heteroatoms. The molecule has 1 saturated heterocycles. The number of hydrogen-bond donors (Lipinski definition) is 0. The third-order valence-electron chi connectivity index (χ3n) is 8.59. The molecule has 198 valence electrons. The number of carbonyl (C=O) groups is 2. The second-order valence-corrected chi connectivity index (χ2v) is 11.1. The number of fused-ring (bicyclic) bond motifs is 2. The molecule has 3 unspecified atom stereocenters. The first-order chi connectivity index (χ1) is 18.2. The second-order valence-electron chi connectivity index (χ2n) is 11.1. The second kappa shape index (κ2) is 9.99. The van der Waals surface area contributed by atoms with Crippen LogP contribution in [0.2, 0.25) is 0 Å². The number of rotatable bonds is 5. The highest BCUT2D eigenvalue weighted by molar-refractivity contribution is 6.01. The van der Waals surface area contributed by atoms with Crippen LogP contribution >= 0.6 is 0 Å². The largest absolute Gasteiger partial charge is 0.468 e. The number of methoxy groups -OCH3 is 2. The van der Waals surface area contributed by atoms with Gasteiger partial charge in [0.15, 0.2) is 5.41 Å². The van der Waals surface area contributed by atoms with Crippen LogP contribution in [0.1, 0.15) is 48.6 Å². The van der Waals surface area contributed by atoms with Gasteiger partial charge in [-0.05, 0) is 53.1 Å². The fraction of sp³-hybridized carbons (Fsp3) is 0.375. The molecule has 38 heavy (non-hydrogen) atoms. The lowest BCUT2D eigenvalue weighted by Gasteiger charge is -2.60. The van der Waals surface area contributed by atoms with Gasteiger partial charge in [0.25, 0.3) is 0 Å². The lowest BCUT2D eigenvalue weighted by atomic mass is 9.55. The van der Waals surface area contributed by atoms with Gasteiger partial charge in [-0.15, -0.1) is 0 Å². The fourth-order valence-electron chi connectivity index (χ4n) is 7.27. The molecule has 1 heterocycles. The Bertz CT molecular complexity index is 1310. The summed E-state index contributed by atoms with van der Waals surface area (Å²) < 4.78 is 25.1. The standard InChI is InChI=1S/C32H34FNO4/c1-31(2)26-16-15-25(33)18-23(26)17-24-19-32(29(35)37-3,30(36)38-4)28(22-13-9-6-10-14-22)34(27(24)31)20-21-11-7-5-8-12-21/h5-16,18,24,27-28H,17,19-20H2,1-4H3. The molecular weight excluding hydrogens is 481 g/mol. The van der Waals surface area contributed by atoms with Crippen LogP contribution in [0.3, 0.4) is 0 Å². The summed E-state index contributed by atoms with van der Waals surface area (Å²) in [5, 5.41) is 0. The number of nitrogens with zero attached hydrogens (tertiary/aromatic N) is 1. The Morgan fingerprint density at radius 1 is 0.921 bits per heavy atom. The average molecular weight is 516 g/mol. The Hall–Kier alpha value is -3.51. The zero-order valence-electron chi connectivity index (χ0n) is 22.3. The van der Waals surface area contributed by atoms with Crippen molar-refractivity contribution in [3.8, 4) is 0 Å². The third-order valence-corrected chi connectivity index (χ3v) is 8.59. The Balaban J connectivity index is 1.79. The minimum atomic E-state index is -1.60. The van der Waals surface area contributed by atoms with Gasteiger partial charge in [-0.1, -0.05) is 80.6 Å². The van der Waals surface area contributed by atoms with Crippen molar-refractivity contribution in [1.82, 2.24) is 4.90 Å². The van der Waals surface area contributed by atoms with E-state index in [2.05, 4.69) is 30.9 Å².